The van der Waals surface area contributed by atoms with Gasteiger partial charge in [0.2, 0.25) is 0 Å². The van der Waals surface area contributed by atoms with Crippen molar-refractivity contribution in [3.05, 3.63) is 27.7 Å². The average molecular weight is 278 g/mol. The van der Waals surface area contributed by atoms with Gasteiger partial charge in [0.1, 0.15) is 5.56 Å². The van der Waals surface area contributed by atoms with Crippen LogP contribution < -0.4 is 10.5 Å². The molecule has 17 heavy (non-hydrogen) atoms. The Hall–Kier alpha value is -1.46. The van der Waals surface area contributed by atoms with Crippen LogP contribution in [0.3, 0.4) is 0 Å². The topological polar surface area (TPSA) is 89.6 Å². The zero-order valence-corrected chi connectivity index (χ0v) is 10.2. The second-order valence-corrected chi connectivity index (χ2v) is 4.08. The third kappa shape index (κ3) is 3.25. The number of nitrogens with two attached hydrogens (primary N) is 1. The molecule has 0 aliphatic heterocycles. The fourth-order valence-electron chi connectivity index (χ4n) is 1.07. The summed E-state index contributed by atoms with van der Waals surface area (Å²) in [6.07, 6.45) is -0.994. The Labute approximate surface area is 107 Å². The number of halogens is 2. The van der Waals surface area contributed by atoms with E-state index in [0.717, 1.165) is 0 Å². The van der Waals surface area contributed by atoms with Gasteiger partial charge in [0.25, 0.3) is 5.91 Å². The monoisotopic (exact) mass is 277 g/mol. The third-order valence-corrected chi connectivity index (χ3v) is 2.43. The van der Waals surface area contributed by atoms with E-state index >= 15 is 0 Å². The molecule has 7 heteroatoms. The van der Waals surface area contributed by atoms with Crippen LogP contribution in [0.2, 0.25) is 10.0 Å². The summed E-state index contributed by atoms with van der Waals surface area (Å²) in [4.78, 5) is 21.8. The van der Waals surface area contributed by atoms with Crippen LogP contribution in [0.4, 0.5) is 0 Å². The van der Waals surface area contributed by atoms with E-state index in [9.17, 15) is 9.59 Å². The van der Waals surface area contributed by atoms with E-state index in [2.05, 4.69) is 0 Å². The molecule has 0 heterocycles. The van der Waals surface area contributed by atoms with E-state index in [4.69, 9.17) is 38.8 Å². The summed E-state index contributed by atoms with van der Waals surface area (Å²) in [7, 11) is 0. The summed E-state index contributed by atoms with van der Waals surface area (Å²) < 4.78 is 5.11. The van der Waals surface area contributed by atoms with Gasteiger partial charge in [-0.15, -0.1) is 0 Å². The number of carbonyl (C=O) groups is 2. The molecule has 1 amide bonds. The fourth-order valence-corrected chi connectivity index (χ4v) is 1.61. The molecule has 1 aromatic rings. The molecule has 0 radical (unpaired) electrons. The molecule has 0 aliphatic carbocycles. The number of aromatic carboxylic acids is 1. The molecular weight excluding hydrogens is 269 g/mol. The Morgan fingerprint density at radius 3 is 2.47 bits per heavy atom. The number of rotatable bonds is 4. The van der Waals surface area contributed by atoms with E-state index < -0.39 is 18.0 Å². The van der Waals surface area contributed by atoms with Crippen LogP contribution in [-0.2, 0) is 4.79 Å². The summed E-state index contributed by atoms with van der Waals surface area (Å²) >= 11 is 11.5. The molecule has 0 saturated carbocycles. The van der Waals surface area contributed by atoms with Gasteiger partial charge in [0.05, 0.1) is 5.02 Å². The SMILES string of the molecule is CC(Oc1c(Cl)cc(Cl)cc1C(=O)O)C(N)=O. The van der Waals surface area contributed by atoms with Crippen molar-refractivity contribution in [2.24, 2.45) is 5.73 Å². The van der Waals surface area contributed by atoms with E-state index in [1.807, 2.05) is 0 Å². The van der Waals surface area contributed by atoms with Crippen LogP contribution in [0.15, 0.2) is 12.1 Å². The first-order valence-corrected chi connectivity index (χ1v) is 5.26. The highest BCUT2D eigenvalue weighted by atomic mass is 35.5. The van der Waals surface area contributed by atoms with E-state index in [1.165, 1.54) is 19.1 Å². The number of carbonyl (C=O) groups excluding carboxylic acids is 1. The molecule has 0 bridgehead atoms. The van der Waals surface area contributed by atoms with Crippen LogP contribution in [0.25, 0.3) is 0 Å². The molecule has 1 rings (SSSR count). The van der Waals surface area contributed by atoms with E-state index in [0.29, 0.717) is 0 Å². The van der Waals surface area contributed by atoms with Gasteiger partial charge in [-0.05, 0) is 19.1 Å². The molecule has 0 fully saturated rings. The zero-order chi connectivity index (χ0) is 13.2. The van der Waals surface area contributed by atoms with Gasteiger partial charge in [0, 0.05) is 5.02 Å². The predicted octanol–water partition coefficient (Wildman–Crippen LogP) is 1.94. The Bertz CT molecular complexity index is 476. The van der Waals surface area contributed by atoms with Gasteiger partial charge in [-0.25, -0.2) is 4.79 Å². The van der Waals surface area contributed by atoms with Gasteiger partial charge < -0.3 is 15.6 Å². The standard InChI is InChI=1S/C10H9Cl2NO4/c1-4(9(13)14)17-8-6(10(15)16)2-5(11)3-7(8)12/h2-4H,1H3,(H2,13,14)(H,15,16). The van der Waals surface area contributed by atoms with Gasteiger partial charge in [-0.1, -0.05) is 23.2 Å². The van der Waals surface area contributed by atoms with E-state index in [-0.39, 0.29) is 21.4 Å². The largest absolute Gasteiger partial charge is 0.478 e. The first-order chi connectivity index (χ1) is 7.82. The van der Waals surface area contributed by atoms with Gasteiger partial charge in [0.15, 0.2) is 11.9 Å². The normalized spacial score (nSPS) is 11.9. The van der Waals surface area contributed by atoms with Crippen LogP contribution >= 0.6 is 23.2 Å². The average Bonchev–Trinajstić information content (AvgIpc) is 2.20. The molecule has 0 saturated heterocycles. The van der Waals surface area contributed by atoms with Crippen LogP contribution in [0, 0.1) is 0 Å². The Morgan fingerprint density at radius 2 is 2.00 bits per heavy atom. The summed E-state index contributed by atoms with van der Waals surface area (Å²) in [5.41, 5.74) is 4.78. The highest BCUT2D eigenvalue weighted by molar-refractivity contribution is 6.36. The Morgan fingerprint density at radius 1 is 1.41 bits per heavy atom. The van der Waals surface area contributed by atoms with Crippen LogP contribution in [0.1, 0.15) is 17.3 Å². The summed E-state index contributed by atoms with van der Waals surface area (Å²) in [5, 5.41) is 9.11. The second kappa shape index (κ2) is 5.25. The Kier molecular flexibility index (Phi) is 4.20. The van der Waals surface area contributed by atoms with Gasteiger partial charge in [-0.3, -0.25) is 4.79 Å². The zero-order valence-electron chi connectivity index (χ0n) is 8.74. The van der Waals surface area contributed by atoms with Crippen molar-refractivity contribution in [3.8, 4) is 5.75 Å². The van der Waals surface area contributed by atoms with Crippen molar-refractivity contribution in [2.75, 3.05) is 0 Å². The maximum absolute atomic E-state index is 11.0. The first kappa shape index (κ1) is 13.6. The quantitative estimate of drug-likeness (QED) is 0.880. The molecule has 0 aliphatic rings. The molecule has 1 unspecified atom stereocenters. The number of primary amides is 1. The van der Waals surface area contributed by atoms with Crippen molar-refractivity contribution in [1.29, 1.82) is 0 Å². The Balaban J connectivity index is 3.21. The molecule has 92 valence electrons. The molecule has 1 atom stereocenters. The van der Waals surface area contributed by atoms with Crippen molar-refractivity contribution >= 4 is 35.1 Å². The minimum Gasteiger partial charge on any atom is -0.478 e. The number of hydrogen-bond donors (Lipinski definition) is 2. The number of ether oxygens (including phenoxy) is 1. The van der Waals surface area contributed by atoms with Gasteiger partial charge >= 0.3 is 5.97 Å². The lowest BCUT2D eigenvalue weighted by molar-refractivity contribution is -0.124. The number of carboxylic acid groups (broad SMARTS) is 1. The first-order valence-electron chi connectivity index (χ1n) is 4.51. The maximum atomic E-state index is 11.0. The molecule has 0 aromatic heterocycles. The van der Waals surface area contributed by atoms with Crippen molar-refractivity contribution in [2.45, 2.75) is 13.0 Å². The highest BCUT2D eigenvalue weighted by Crippen LogP contribution is 2.33. The predicted molar refractivity (Wildman–Crippen MR) is 62.7 cm³/mol. The van der Waals surface area contributed by atoms with Gasteiger partial charge in [-0.2, -0.15) is 0 Å². The summed E-state index contributed by atoms with van der Waals surface area (Å²) in [6.45, 7) is 1.39. The van der Waals surface area contributed by atoms with E-state index in [1.54, 1.807) is 0 Å². The van der Waals surface area contributed by atoms with Crippen LogP contribution in [-0.4, -0.2) is 23.1 Å². The molecule has 0 spiro atoms. The lowest BCUT2D eigenvalue weighted by Gasteiger charge is -2.15. The van der Waals surface area contributed by atoms with Crippen LogP contribution in [0.5, 0.6) is 5.75 Å². The van der Waals surface area contributed by atoms with Crippen molar-refractivity contribution in [1.82, 2.24) is 0 Å². The second-order valence-electron chi connectivity index (χ2n) is 3.23. The summed E-state index contributed by atoms with van der Waals surface area (Å²) in [5.74, 6) is -2.12. The molecular formula is C10H9Cl2NO4. The minimum absolute atomic E-state index is 0.00278. The number of carboxylic acids is 1. The lowest BCUT2D eigenvalue weighted by atomic mass is 10.2. The smallest absolute Gasteiger partial charge is 0.339 e. The highest BCUT2D eigenvalue weighted by Gasteiger charge is 2.20. The molecule has 3 N–H and O–H groups in total. The number of amides is 1. The lowest BCUT2D eigenvalue weighted by Crippen LogP contribution is -2.31. The molecule has 1 aromatic carbocycles. The summed E-state index contributed by atoms with van der Waals surface area (Å²) in [6, 6.07) is 2.50. The number of benzene rings is 1. The van der Waals surface area contributed by atoms with Crippen molar-refractivity contribution < 1.29 is 19.4 Å². The maximum Gasteiger partial charge on any atom is 0.339 e. The minimum atomic E-state index is -1.26. The molecule has 5 nitrogen and oxygen atoms in total. The third-order valence-electron chi connectivity index (χ3n) is 1.93. The fraction of sp³-hybridized carbons (Fsp3) is 0.200. The van der Waals surface area contributed by atoms with Crippen molar-refractivity contribution in [3.63, 3.8) is 0 Å². The number of hydrogen-bond acceptors (Lipinski definition) is 3.